The van der Waals surface area contributed by atoms with Crippen molar-refractivity contribution in [1.82, 2.24) is 4.90 Å². The van der Waals surface area contributed by atoms with E-state index >= 15 is 0 Å². The maximum absolute atomic E-state index is 11.5. The Labute approximate surface area is 74.4 Å². The molecule has 0 radical (unpaired) electrons. The molecule has 0 bridgehead atoms. The molecule has 0 rings (SSSR count). The van der Waals surface area contributed by atoms with Gasteiger partial charge in [0.05, 0.1) is 6.61 Å². The number of carbonyl (C=O) groups is 1. The third-order valence-electron chi connectivity index (χ3n) is 2.20. The molecule has 3 nitrogen and oxygen atoms in total. The van der Waals surface area contributed by atoms with Gasteiger partial charge in [-0.25, -0.2) is 0 Å². The van der Waals surface area contributed by atoms with Crippen molar-refractivity contribution in [3.05, 3.63) is 0 Å². The Hall–Kier alpha value is -0.570. The van der Waals surface area contributed by atoms with Gasteiger partial charge in [0.2, 0.25) is 5.91 Å². The van der Waals surface area contributed by atoms with E-state index in [2.05, 4.69) is 0 Å². The largest absolute Gasteiger partial charge is 0.395 e. The lowest BCUT2D eigenvalue weighted by Gasteiger charge is -2.22. The maximum atomic E-state index is 11.5. The predicted molar refractivity (Wildman–Crippen MR) is 48.7 cm³/mol. The minimum Gasteiger partial charge on any atom is -0.395 e. The number of amides is 1. The van der Waals surface area contributed by atoms with Crippen molar-refractivity contribution in [1.29, 1.82) is 0 Å². The van der Waals surface area contributed by atoms with Crippen molar-refractivity contribution in [2.24, 2.45) is 11.8 Å². The second-order valence-electron chi connectivity index (χ2n) is 3.52. The molecule has 0 aromatic heterocycles. The summed E-state index contributed by atoms with van der Waals surface area (Å²) in [7, 11) is 1.72. The third kappa shape index (κ3) is 3.22. The van der Waals surface area contributed by atoms with Crippen LogP contribution in [0.15, 0.2) is 0 Å². The van der Waals surface area contributed by atoms with Crippen molar-refractivity contribution >= 4 is 5.91 Å². The third-order valence-corrected chi connectivity index (χ3v) is 2.20. The zero-order valence-corrected chi connectivity index (χ0v) is 8.37. The number of rotatable bonds is 4. The first kappa shape index (κ1) is 11.4. The van der Waals surface area contributed by atoms with Crippen LogP contribution in [0, 0.1) is 11.8 Å². The molecular weight excluding hydrogens is 154 g/mol. The highest BCUT2D eigenvalue weighted by Gasteiger charge is 2.19. The number of carbonyl (C=O) groups excluding carboxylic acids is 1. The van der Waals surface area contributed by atoms with Gasteiger partial charge in [0.25, 0.3) is 0 Å². The van der Waals surface area contributed by atoms with Gasteiger partial charge in [-0.1, -0.05) is 20.8 Å². The van der Waals surface area contributed by atoms with Gasteiger partial charge >= 0.3 is 0 Å². The molecular formula is C9H19NO2. The zero-order chi connectivity index (χ0) is 9.72. The van der Waals surface area contributed by atoms with Crippen LogP contribution in [0.1, 0.15) is 20.8 Å². The van der Waals surface area contributed by atoms with E-state index in [9.17, 15) is 4.79 Å². The molecule has 1 N–H and O–H groups in total. The highest BCUT2D eigenvalue weighted by atomic mass is 16.3. The summed E-state index contributed by atoms with van der Waals surface area (Å²) >= 11 is 0. The quantitative estimate of drug-likeness (QED) is 0.681. The summed E-state index contributed by atoms with van der Waals surface area (Å²) in [5.74, 6) is 0.513. The number of hydrogen-bond donors (Lipinski definition) is 1. The normalized spacial score (nSPS) is 13.2. The molecule has 1 amide bonds. The van der Waals surface area contributed by atoms with Gasteiger partial charge in [-0.15, -0.1) is 0 Å². The summed E-state index contributed by atoms with van der Waals surface area (Å²) in [6.45, 7) is 6.43. The van der Waals surface area contributed by atoms with E-state index in [1.54, 1.807) is 11.9 Å². The predicted octanol–water partition coefficient (Wildman–Crippen LogP) is 0.729. The Bertz CT molecular complexity index is 145. The van der Waals surface area contributed by atoms with Gasteiger partial charge in [-0.05, 0) is 5.92 Å². The van der Waals surface area contributed by atoms with E-state index in [1.165, 1.54) is 0 Å². The highest BCUT2D eigenvalue weighted by molar-refractivity contribution is 5.78. The molecule has 0 saturated carbocycles. The molecule has 0 saturated heterocycles. The average Bonchev–Trinajstić information content (AvgIpc) is 2.02. The van der Waals surface area contributed by atoms with Crippen LogP contribution in [0.4, 0.5) is 0 Å². The van der Waals surface area contributed by atoms with Crippen LogP contribution in [-0.2, 0) is 4.79 Å². The molecule has 0 fully saturated rings. The fourth-order valence-corrected chi connectivity index (χ4v) is 0.893. The summed E-state index contributed by atoms with van der Waals surface area (Å²) in [5.41, 5.74) is 0. The van der Waals surface area contributed by atoms with Crippen molar-refractivity contribution in [2.45, 2.75) is 20.8 Å². The smallest absolute Gasteiger partial charge is 0.225 e. The maximum Gasteiger partial charge on any atom is 0.225 e. The summed E-state index contributed by atoms with van der Waals surface area (Å²) in [5, 5.41) is 8.61. The standard InChI is InChI=1S/C9H19NO2/c1-7(2)8(3)9(12)10(4)5-6-11/h7-8,11H,5-6H2,1-4H3/t8-/m0/s1. The summed E-state index contributed by atoms with van der Waals surface area (Å²) < 4.78 is 0. The molecule has 0 aliphatic carbocycles. The second kappa shape index (κ2) is 5.14. The van der Waals surface area contributed by atoms with E-state index < -0.39 is 0 Å². The Morgan fingerprint density at radius 1 is 1.42 bits per heavy atom. The minimum absolute atomic E-state index is 0.0348. The van der Waals surface area contributed by atoms with E-state index in [0.717, 1.165) is 0 Å². The fourth-order valence-electron chi connectivity index (χ4n) is 0.893. The Kier molecular flexibility index (Phi) is 4.90. The molecule has 0 aromatic rings. The Morgan fingerprint density at radius 2 is 1.92 bits per heavy atom. The van der Waals surface area contributed by atoms with Crippen LogP contribution in [0.25, 0.3) is 0 Å². The van der Waals surface area contributed by atoms with Gasteiger partial charge in [-0.2, -0.15) is 0 Å². The molecule has 0 aromatic carbocycles. The van der Waals surface area contributed by atoms with Gasteiger partial charge in [-0.3, -0.25) is 4.79 Å². The Morgan fingerprint density at radius 3 is 2.25 bits per heavy atom. The monoisotopic (exact) mass is 173 g/mol. The first-order valence-electron chi connectivity index (χ1n) is 4.36. The van der Waals surface area contributed by atoms with E-state index in [-0.39, 0.29) is 18.4 Å². The number of likely N-dealkylation sites (N-methyl/N-ethyl adjacent to an activating group) is 1. The van der Waals surface area contributed by atoms with Crippen LogP contribution >= 0.6 is 0 Å². The first-order valence-corrected chi connectivity index (χ1v) is 4.36. The van der Waals surface area contributed by atoms with Crippen molar-refractivity contribution in [3.63, 3.8) is 0 Å². The van der Waals surface area contributed by atoms with Gasteiger partial charge < -0.3 is 10.0 Å². The van der Waals surface area contributed by atoms with Crippen LogP contribution in [-0.4, -0.2) is 36.1 Å². The van der Waals surface area contributed by atoms with Gasteiger partial charge in [0.15, 0.2) is 0 Å². The minimum atomic E-state index is 0.0348. The van der Waals surface area contributed by atoms with Gasteiger partial charge in [0, 0.05) is 19.5 Å². The molecule has 0 aliphatic heterocycles. The molecule has 3 heteroatoms. The van der Waals surface area contributed by atoms with Crippen molar-refractivity contribution in [2.75, 3.05) is 20.2 Å². The summed E-state index contributed by atoms with van der Waals surface area (Å²) in [6.07, 6.45) is 0. The van der Waals surface area contributed by atoms with E-state index in [4.69, 9.17) is 5.11 Å². The second-order valence-corrected chi connectivity index (χ2v) is 3.52. The highest BCUT2D eigenvalue weighted by Crippen LogP contribution is 2.11. The first-order chi connectivity index (χ1) is 5.50. The number of aliphatic hydroxyl groups excluding tert-OH is 1. The van der Waals surface area contributed by atoms with E-state index in [0.29, 0.717) is 12.5 Å². The van der Waals surface area contributed by atoms with Crippen molar-refractivity contribution < 1.29 is 9.90 Å². The molecule has 12 heavy (non-hydrogen) atoms. The summed E-state index contributed by atoms with van der Waals surface area (Å²) in [4.78, 5) is 13.1. The molecule has 72 valence electrons. The van der Waals surface area contributed by atoms with E-state index in [1.807, 2.05) is 20.8 Å². The van der Waals surface area contributed by atoms with Crippen LogP contribution in [0.3, 0.4) is 0 Å². The van der Waals surface area contributed by atoms with Crippen LogP contribution in [0.2, 0.25) is 0 Å². The molecule has 0 heterocycles. The average molecular weight is 173 g/mol. The zero-order valence-electron chi connectivity index (χ0n) is 8.37. The van der Waals surface area contributed by atoms with Crippen LogP contribution in [0.5, 0.6) is 0 Å². The molecule has 0 unspecified atom stereocenters. The van der Waals surface area contributed by atoms with Gasteiger partial charge in [0.1, 0.15) is 0 Å². The summed E-state index contributed by atoms with van der Waals surface area (Å²) in [6, 6.07) is 0. The lowest BCUT2D eigenvalue weighted by Crippen LogP contribution is -2.35. The molecule has 0 aliphatic rings. The fraction of sp³-hybridized carbons (Fsp3) is 0.889. The van der Waals surface area contributed by atoms with Crippen LogP contribution < -0.4 is 0 Å². The number of nitrogens with zero attached hydrogens (tertiary/aromatic N) is 1. The number of hydrogen-bond acceptors (Lipinski definition) is 2. The Balaban J connectivity index is 4.00. The number of aliphatic hydroxyl groups is 1. The van der Waals surface area contributed by atoms with Crippen molar-refractivity contribution in [3.8, 4) is 0 Å². The topological polar surface area (TPSA) is 40.5 Å². The molecule has 1 atom stereocenters. The molecule has 0 spiro atoms. The lowest BCUT2D eigenvalue weighted by molar-refractivity contribution is -0.135. The SMILES string of the molecule is CC(C)[C@H](C)C(=O)N(C)CCO. The lowest BCUT2D eigenvalue weighted by atomic mass is 9.97.